The van der Waals surface area contributed by atoms with Crippen LogP contribution in [0.15, 0.2) is 24.3 Å². The van der Waals surface area contributed by atoms with E-state index in [0.29, 0.717) is 18.1 Å². The molecule has 2 amide bonds. The molecule has 0 radical (unpaired) electrons. The molecule has 0 spiro atoms. The minimum absolute atomic E-state index is 0.0113. The van der Waals surface area contributed by atoms with E-state index in [0.717, 1.165) is 5.56 Å². The molecule has 2 rings (SSSR count). The van der Waals surface area contributed by atoms with E-state index >= 15 is 0 Å². The van der Waals surface area contributed by atoms with Gasteiger partial charge in [-0.3, -0.25) is 9.59 Å². The first-order valence-corrected chi connectivity index (χ1v) is 7.18. The van der Waals surface area contributed by atoms with E-state index in [-0.39, 0.29) is 30.2 Å². The molecule has 108 valence electrons. The summed E-state index contributed by atoms with van der Waals surface area (Å²) in [5.41, 5.74) is 0.945. The van der Waals surface area contributed by atoms with E-state index in [4.69, 9.17) is 11.6 Å². The van der Waals surface area contributed by atoms with Crippen LogP contribution in [0.5, 0.6) is 0 Å². The molecule has 0 saturated carbocycles. The Morgan fingerprint density at radius 3 is 2.50 bits per heavy atom. The Balaban J connectivity index is 2.21. The summed E-state index contributed by atoms with van der Waals surface area (Å²) in [5.74, 6) is -0.160. The van der Waals surface area contributed by atoms with Gasteiger partial charge in [-0.25, -0.2) is 0 Å². The molecule has 1 aromatic carbocycles. The predicted molar refractivity (Wildman–Crippen MR) is 78.6 cm³/mol. The van der Waals surface area contributed by atoms with Crippen LogP contribution in [0.25, 0.3) is 0 Å². The average Bonchev–Trinajstić information content (AvgIpc) is 2.41. The number of carbonyl (C=O) groups is 2. The van der Waals surface area contributed by atoms with Crippen molar-refractivity contribution >= 4 is 23.4 Å². The number of hydrogen-bond donors (Lipinski definition) is 1. The summed E-state index contributed by atoms with van der Waals surface area (Å²) >= 11 is 5.90. The molecule has 20 heavy (non-hydrogen) atoms. The summed E-state index contributed by atoms with van der Waals surface area (Å²) in [7, 11) is 0. The normalized spacial score (nSPS) is 17.0. The minimum Gasteiger partial charge on any atom is -0.353 e. The fourth-order valence-electron chi connectivity index (χ4n) is 2.51. The van der Waals surface area contributed by atoms with Crippen LogP contribution < -0.4 is 5.32 Å². The molecule has 1 unspecified atom stereocenters. The number of benzene rings is 1. The van der Waals surface area contributed by atoms with Crippen molar-refractivity contribution in [2.24, 2.45) is 5.92 Å². The van der Waals surface area contributed by atoms with Gasteiger partial charge in [-0.15, -0.1) is 0 Å². The maximum atomic E-state index is 12.7. The lowest BCUT2D eigenvalue weighted by atomic mass is 9.87. The van der Waals surface area contributed by atoms with Crippen LogP contribution >= 0.6 is 11.6 Å². The largest absolute Gasteiger partial charge is 0.353 e. The Bertz CT molecular complexity index is 499. The summed E-state index contributed by atoms with van der Waals surface area (Å²) in [6.45, 7) is 5.27. The summed E-state index contributed by atoms with van der Waals surface area (Å²) < 4.78 is 0. The number of hydrogen-bond acceptors (Lipinski definition) is 2. The highest BCUT2D eigenvalue weighted by atomic mass is 35.5. The van der Waals surface area contributed by atoms with Gasteiger partial charge in [0.15, 0.2) is 0 Å². The molecule has 1 N–H and O–H groups in total. The van der Waals surface area contributed by atoms with Crippen molar-refractivity contribution in [1.82, 2.24) is 10.2 Å². The lowest BCUT2D eigenvalue weighted by Crippen LogP contribution is -2.51. The van der Waals surface area contributed by atoms with E-state index < -0.39 is 0 Å². The van der Waals surface area contributed by atoms with Gasteiger partial charge in [0.1, 0.15) is 0 Å². The zero-order valence-corrected chi connectivity index (χ0v) is 12.5. The van der Waals surface area contributed by atoms with Crippen LogP contribution in [0, 0.1) is 5.92 Å². The first-order valence-electron chi connectivity index (χ1n) is 6.80. The van der Waals surface area contributed by atoms with Crippen LogP contribution in [0.4, 0.5) is 0 Å². The summed E-state index contributed by atoms with van der Waals surface area (Å²) in [5, 5.41) is 3.39. The van der Waals surface area contributed by atoms with Gasteiger partial charge in [-0.1, -0.05) is 37.6 Å². The fourth-order valence-corrected chi connectivity index (χ4v) is 2.63. The van der Waals surface area contributed by atoms with Gasteiger partial charge in [-0.05, 0) is 23.6 Å². The molecule has 1 aliphatic heterocycles. The summed E-state index contributed by atoms with van der Waals surface area (Å²) in [6, 6.07) is 7.36. The van der Waals surface area contributed by atoms with Crippen molar-refractivity contribution in [3.8, 4) is 0 Å². The van der Waals surface area contributed by atoms with Crippen molar-refractivity contribution in [1.29, 1.82) is 0 Å². The number of nitrogens with one attached hydrogen (secondary N) is 1. The van der Waals surface area contributed by atoms with Crippen molar-refractivity contribution in [2.75, 3.05) is 19.6 Å². The number of rotatable bonds is 3. The maximum absolute atomic E-state index is 12.7. The Morgan fingerprint density at radius 1 is 1.30 bits per heavy atom. The Labute approximate surface area is 124 Å². The first kappa shape index (κ1) is 14.9. The summed E-state index contributed by atoms with van der Waals surface area (Å²) in [4.78, 5) is 25.7. The van der Waals surface area contributed by atoms with Gasteiger partial charge in [0.05, 0.1) is 12.5 Å². The van der Waals surface area contributed by atoms with Gasteiger partial charge in [0.25, 0.3) is 0 Å². The van der Waals surface area contributed by atoms with Gasteiger partial charge in [0.2, 0.25) is 11.8 Å². The monoisotopic (exact) mass is 294 g/mol. The average molecular weight is 295 g/mol. The Kier molecular flexibility index (Phi) is 4.65. The highest BCUT2D eigenvalue weighted by molar-refractivity contribution is 6.30. The number of nitrogens with zero attached hydrogens (tertiary/aromatic N) is 1. The molecule has 4 nitrogen and oxygen atoms in total. The molecule has 1 saturated heterocycles. The molecule has 0 aromatic heterocycles. The molecule has 1 heterocycles. The molecule has 1 aliphatic rings. The first-order chi connectivity index (χ1) is 9.49. The molecular weight excluding hydrogens is 276 g/mol. The number of piperazine rings is 1. The van der Waals surface area contributed by atoms with E-state index in [9.17, 15) is 9.59 Å². The van der Waals surface area contributed by atoms with E-state index in [1.54, 1.807) is 17.0 Å². The molecule has 1 fully saturated rings. The second-order valence-corrected chi connectivity index (χ2v) is 5.82. The smallest absolute Gasteiger partial charge is 0.239 e. The molecule has 1 atom stereocenters. The number of halogens is 1. The SMILES string of the molecule is CC(C)C(C(=O)N1CCNC(=O)C1)c1ccc(Cl)cc1. The van der Waals surface area contributed by atoms with Gasteiger partial charge in [0, 0.05) is 18.1 Å². The summed E-state index contributed by atoms with van der Waals surface area (Å²) in [6.07, 6.45) is 0. The van der Waals surface area contributed by atoms with Gasteiger partial charge < -0.3 is 10.2 Å². The molecular formula is C15H19ClN2O2. The standard InChI is InChI=1S/C15H19ClN2O2/c1-10(2)14(11-3-5-12(16)6-4-11)15(20)18-8-7-17-13(19)9-18/h3-6,10,14H,7-9H2,1-2H3,(H,17,19). The predicted octanol–water partition coefficient (Wildman–Crippen LogP) is 2.04. The van der Waals surface area contributed by atoms with Crippen molar-refractivity contribution in [3.05, 3.63) is 34.9 Å². The van der Waals surface area contributed by atoms with Crippen molar-refractivity contribution in [2.45, 2.75) is 19.8 Å². The van der Waals surface area contributed by atoms with Crippen LogP contribution in [-0.2, 0) is 9.59 Å². The van der Waals surface area contributed by atoms with Crippen molar-refractivity contribution in [3.63, 3.8) is 0 Å². The third-order valence-corrected chi connectivity index (χ3v) is 3.76. The van der Waals surface area contributed by atoms with E-state index in [2.05, 4.69) is 5.32 Å². The van der Waals surface area contributed by atoms with Gasteiger partial charge in [-0.2, -0.15) is 0 Å². The van der Waals surface area contributed by atoms with Gasteiger partial charge >= 0.3 is 0 Å². The van der Waals surface area contributed by atoms with Crippen LogP contribution in [0.3, 0.4) is 0 Å². The highest BCUT2D eigenvalue weighted by Gasteiger charge is 2.30. The topological polar surface area (TPSA) is 49.4 Å². The van der Waals surface area contributed by atoms with E-state index in [1.165, 1.54) is 0 Å². The quantitative estimate of drug-likeness (QED) is 0.927. The zero-order valence-electron chi connectivity index (χ0n) is 11.7. The molecule has 5 heteroatoms. The Hall–Kier alpha value is -1.55. The third kappa shape index (κ3) is 3.31. The van der Waals surface area contributed by atoms with Crippen molar-refractivity contribution < 1.29 is 9.59 Å². The molecule has 1 aromatic rings. The minimum atomic E-state index is -0.238. The fraction of sp³-hybridized carbons (Fsp3) is 0.467. The lowest BCUT2D eigenvalue weighted by molar-refractivity contribution is -0.140. The molecule has 0 aliphatic carbocycles. The second-order valence-electron chi connectivity index (χ2n) is 5.38. The van der Waals surface area contributed by atoms with Crippen LogP contribution in [0.1, 0.15) is 25.3 Å². The second kappa shape index (κ2) is 6.27. The van der Waals surface area contributed by atoms with Crippen LogP contribution in [0.2, 0.25) is 5.02 Å². The maximum Gasteiger partial charge on any atom is 0.239 e. The highest BCUT2D eigenvalue weighted by Crippen LogP contribution is 2.28. The number of amides is 2. The lowest BCUT2D eigenvalue weighted by Gasteiger charge is -2.32. The Morgan fingerprint density at radius 2 is 1.95 bits per heavy atom. The third-order valence-electron chi connectivity index (χ3n) is 3.51. The molecule has 0 bridgehead atoms. The zero-order chi connectivity index (χ0) is 14.7. The van der Waals surface area contributed by atoms with Crippen LogP contribution in [-0.4, -0.2) is 36.3 Å². The van der Waals surface area contributed by atoms with E-state index in [1.807, 2.05) is 26.0 Å². The number of carbonyl (C=O) groups excluding carboxylic acids is 2.